The predicted octanol–water partition coefficient (Wildman–Crippen LogP) is 7.58. The molecule has 7 nitrogen and oxygen atoms in total. The number of thioether (sulfide) groups is 1. The molecule has 1 unspecified atom stereocenters. The second-order valence-electron chi connectivity index (χ2n) is 10.4. The molecule has 7 rings (SSSR count). The zero-order chi connectivity index (χ0) is 29.7. The maximum atomic E-state index is 14.8. The normalized spacial score (nSPS) is 16.0. The number of alkyl halides is 3. The minimum atomic E-state index is -4.60. The van der Waals surface area contributed by atoms with Crippen LogP contribution < -0.4 is 4.74 Å². The topological polar surface area (TPSA) is 75.0 Å². The van der Waals surface area contributed by atoms with Crippen molar-refractivity contribution in [2.24, 2.45) is 0 Å². The standard InChI is InChI=1S/C31H26F3N5O2SSe/c1-17-14-21-20(15-36-39(21)22-10-6-7-13-40-22)23(25(17)31(32,33)34)26-27-19(11-12-35-26)24-28(37-30(42-2)38-29(24)43-27)41-16-18-8-4-3-5-9-18/h3-5,8-9,11-12,14-15,22H,6-7,10,13,16H2,1-2H3. The first-order valence-electron chi connectivity index (χ1n) is 13.8. The Morgan fingerprint density at radius 1 is 1.12 bits per heavy atom. The first kappa shape index (κ1) is 28.3. The van der Waals surface area contributed by atoms with Crippen LogP contribution in [0, 0.1) is 6.92 Å². The fourth-order valence-corrected chi connectivity index (χ4v) is 8.64. The third-order valence-corrected chi connectivity index (χ3v) is 10.5. The number of fused-ring (bicyclic) bond motifs is 4. The van der Waals surface area contributed by atoms with Gasteiger partial charge >= 0.3 is 256 Å². The van der Waals surface area contributed by atoms with Crippen molar-refractivity contribution in [3.05, 3.63) is 71.5 Å². The van der Waals surface area contributed by atoms with Gasteiger partial charge in [0.05, 0.1) is 0 Å². The van der Waals surface area contributed by atoms with Crippen LogP contribution in [0.5, 0.6) is 5.88 Å². The molecule has 1 atom stereocenters. The molecule has 0 radical (unpaired) electrons. The molecule has 0 aliphatic carbocycles. The third-order valence-electron chi connectivity index (χ3n) is 7.65. The summed E-state index contributed by atoms with van der Waals surface area (Å²) in [7, 11) is 0. The van der Waals surface area contributed by atoms with Gasteiger partial charge in [-0.15, -0.1) is 0 Å². The number of ether oxygens (including phenoxy) is 2. The van der Waals surface area contributed by atoms with Crippen LogP contribution in [0.25, 0.3) is 41.6 Å². The number of nitrogens with zero attached hydrogens (tertiary/aromatic N) is 5. The Balaban J connectivity index is 1.47. The molecule has 0 bridgehead atoms. The molecule has 1 aliphatic heterocycles. The summed E-state index contributed by atoms with van der Waals surface area (Å²) in [6.07, 6.45) is 2.74. The SMILES string of the molecule is CSc1nc(OCc2ccccc2)c2c(n1)[se]c1c(-c3c(C(F)(F)F)c(C)cc4c3cnn4C3CCCCO3)nccc12. The van der Waals surface area contributed by atoms with Crippen molar-refractivity contribution >= 4 is 56.6 Å². The third kappa shape index (κ3) is 5.10. The second kappa shape index (κ2) is 11.2. The summed E-state index contributed by atoms with van der Waals surface area (Å²) < 4.78 is 59.8. The molecule has 220 valence electrons. The molecule has 0 saturated carbocycles. The number of benzene rings is 2. The number of hydrogen-bond donors (Lipinski definition) is 0. The summed E-state index contributed by atoms with van der Waals surface area (Å²) in [5.41, 5.74) is 1.34. The molecule has 1 fully saturated rings. The molecule has 1 saturated heterocycles. The number of aryl methyl sites for hydroxylation is 1. The Labute approximate surface area is 255 Å². The van der Waals surface area contributed by atoms with Crippen molar-refractivity contribution in [3.8, 4) is 17.1 Å². The minimum absolute atomic E-state index is 0.0425. The molecule has 1 aliphatic rings. The average molecular weight is 669 g/mol. The monoisotopic (exact) mass is 669 g/mol. The number of aromatic nitrogens is 5. The zero-order valence-corrected chi connectivity index (χ0v) is 25.8. The van der Waals surface area contributed by atoms with Gasteiger partial charge in [-0.05, 0) is 0 Å². The second-order valence-corrected chi connectivity index (χ2v) is 13.3. The molecule has 43 heavy (non-hydrogen) atoms. The number of hydrogen-bond acceptors (Lipinski definition) is 7. The van der Waals surface area contributed by atoms with Gasteiger partial charge in [0.2, 0.25) is 0 Å². The number of pyridine rings is 1. The fourth-order valence-electron chi connectivity index (χ4n) is 5.73. The number of halogens is 3. The van der Waals surface area contributed by atoms with E-state index in [2.05, 4.69) is 15.1 Å². The number of rotatable bonds is 6. The summed E-state index contributed by atoms with van der Waals surface area (Å²) in [5, 5.41) is 6.97. The zero-order valence-electron chi connectivity index (χ0n) is 23.3. The van der Waals surface area contributed by atoms with Crippen molar-refractivity contribution in [2.75, 3.05) is 12.9 Å². The van der Waals surface area contributed by atoms with Crippen LogP contribution in [0.15, 0.2) is 60.0 Å². The van der Waals surface area contributed by atoms with E-state index in [1.54, 1.807) is 16.9 Å². The Hall–Kier alpha value is -3.44. The van der Waals surface area contributed by atoms with E-state index in [-0.39, 0.29) is 17.4 Å². The molecule has 6 aromatic rings. The van der Waals surface area contributed by atoms with E-state index in [1.165, 1.54) is 24.9 Å². The average Bonchev–Trinajstić information content (AvgIpc) is 3.61. The Morgan fingerprint density at radius 2 is 1.95 bits per heavy atom. The van der Waals surface area contributed by atoms with Crippen LogP contribution >= 0.6 is 11.8 Å². The van der Waals surface area contributed by atoms with Crippen molar-refractivity contribution in [1.29, 1.82) is 0 Å². The van der Waals surface area contributed by atoms with Gasteiger partial charge in [-0.2, -0.15) is 0 Å². The van der Waals surface area contributed by atoms with Gasteiger partial charge in [-0.25, -0.2) is 0 Å². The van der Waals surface area contributed by atoms with E-state index < -0.39 is 26.2 Å². The molecule has 0 spiro atoms. The summed E-state index contributed by atoms with van der Waals surface area (Å²) in [6, 6.07) is 13.2. The van der Waals surface area contributed by atoms with E-state index in [0.717, 1.165) is 44.2 Å². The van der Waals surface area contributed by atoms with Crippen LogP contribution in [0.3, 0.4) is 0 Å². The Kier molecular flexibility index (Phi) is 7.41. The van der Waals surface area contributed by atoms with Crippen LogP contribution in [-0.4, -0.2) is 52.1 Å². The van der Waals surface area contributed by atoms with Gasteiger partial charge < -0.3 is 0 Å². The van der Waals surface area contributed by atoms with E-state index in [4.69, 9.17) is 14.5 Å². The van der Waals surface area contributed by atoms with Crippen LogP contribution in [0.1, 0.15) is 42.2 Å². The van der Waals surface area contributed by atoms with E-state index in [0.29, 0.717) is 40.8 Å². The van der Waals surface area contributed by atoms with E-state index >= 15 is 0 Å². The predicted molar refractivity (Wildman–Crippen MR) is 162 cm³/mol. The van der Waals surface area contributed by atoms with Gasteiger partial charge in [0, 0.05) is 0 Å². The quantitative estimate of drug-likeness (QED) is 0.103. The summed E-state index contributed by atoms with van der Waals surface area (Å²) in [5.74, 6) is 0.420. The summed E-state index contributed by atoms with van der Waals surface area (Å²) >= 11 is 0.960. The molecule has 0 N–H and O–H groups in total. The van der Waals surface area contributed by atoms with Crippen LogP contribution in [0.2, 0.25) is 0 Å². The molecule has 12 heteroatoms. The van der Waals surface area contributed by atoms with Gasteiger partial charge in [-0.1, -0.05) is 0 Å². The first-order chi connectivity index (χ1) is 20.8. The van der Waals surface area contributed by atoms with Crippen LogP contribution in [-0.2, 0) is 17.5 Å². The molecule has 0 amide bonds. The molecular weight excluding hydrogens is 642 g/mol. The molecule has 5 heterocycles. The summed E-state index contributed by atoms with van der Waals surface area (Å²) in [6.45, 7) is 2.40. The van der Waals surface area contributed by atoms with Crippen molar-refractivity contribution in [1.82, 2.24) is 24.7 Å². The van der Waals surface area contributed by atoms with Gasteiger partial charge in [0.15, 0.2) is 0 Å². The molecule has 2 aromatic carbocycles. The molecular formula is C31H26F3N5O2SSe. The van der Waals surface area contributed by atoms with Crippen LogP contribution in [0.4, 0.5) is 13.2 Å². The van der Waals surface area contributed by atoms with Gasteiger partial charge in [0.1, 0.15) is 0 Å². The van der Waals surface area contributed by atoms with Crippen molar-refractivity contribution in [3.63, 3.8) is 0 Å². The van der Waals surface area contributed by atoms with Crippen molar-refractivity contribution in [2.45, 2.75) is 50.4 Å². The summed E-state index contributed by atoms with van der Waals surface area (Å²) in [4.78, 5) is 14.0. The first-order valence-corrected chi connectivity index (χ1v) is 16.8. The Bertz CT molecular complexity index is 1970. The Morgan fingerprint density at radius 3 is 2.70 bits per heavy atom. The molecule has 4 aromatic heterocycles. The van der Waals surface area contributed by atoms with E-state index in [9.17, 15) is 13.2 Å². The van der Waals surface area contributed by atoms with Crippen molar-refractivity contribution < 1.29 is 22.6 Å². The maximum absolute atomic E-state index is 14.8. The van der Waals surface area contributed by atoms with Gasteiger partial charge in [0.25, 0.3) is 0 Å². The fraction of sp³-hybridized carbons (Fsp3) is 0.290. The van der Waals surface area contributed by atoms with E-state index in [1.807, 2.05) is 42.7 Å². The van der Waals surface area contributed by atoms with Gasteiger partial charge in [-0.3, -0.25) is 0 Å².